The summed E-state index contributed by atoms with van der Waals surface area (Å²) >= 11 is 0. The largest absolute Gasteiger partial charge is 0.465 e. The lowest BCUT2D eigenvalue weighted by Crippen LogP contribution is -2.06. The van der Waals surface area contributed by atoms with Gasteiger partial charge in [0.2, 0.25) is 0 Å². The van der Waals surface area contributed by atoms with Crippen molar-refractivity contribution >= 4 is 5.97 Å². The van der Waals surface area contributed by atoms with Gasteiger partial charge in [0.15, 0.2) is 0 Å². The van der Waals surface area contributed by atoms with Crippen LogP contribution in [-0.2, 0) is 11.3 Å². The molecule has 0 saturated heterocycles. The first-order valence-electron chi connectivity index (χ1n) is 4.36. The maximum atomic E-state index is 11.4. The van der Waals surface area contributed by atoms with Gasteiger partial charge in [0, 0.05) is 0 Å². The van der Waals surface area contributed by atoms with Crippen molar-refractivity contribution in [1.82, 2.24) is 0 Å². The summed E-state index contributed by atoms with van der Waals surface area (Å²) in [5.41, 5.74) is 1.74. The topological polar surface area (TPSA) is 70.3 Å². The molecule has 78 valence electrons. The third kappa shape index (κ3) is 2.14. The minimum Gasteiger partial charge on any atom is -0.465 e. The number of nitriles is 1. The Labute approximate surface area is 87.7 Å². The number of hydrogen-bond acceptors (Lipinski definition) is 4. The van der Waals surface area contributed by atoms with Gasteiger partial charge in [-0.3, -0.25) is 0 Å². The average molecular weight is 205 g/mol. The van der Waals surface area contributed by atoms with Gasteiger partial charge in [-0.1, -0.05) is 6.07 Å². The minimum absolute atomic E-state index is 0.170. The fourth-order valence-electron chi connectivity index (χ4n) is 1.37. The molecule has 0 atom stereocenters. The van der Waals surface area contributed by atoms with Crippen molar-refractivity contribution in [3.8, 4) is 6.07 Å². The molecule has 0 saturated carbocycles. The highest BCUT2D eigenvalue weighted by Crippen LogP contribution is 2.17. The van der Waals surface area contributed by atoms with Gasteiger partial charge in [0.25, 0.3) is 0 Å². The zero-order valence-corrected chi connectivity index (χ0v) is 8.57. The number of carbonyl (C=O) groups excluding carboxylic acids is 1. The number of esters is 1. The van der Waals surface area contributed by atoms with E-state index in [1.807, 2.05) is 6.07 Å². The van der Waals surface area contributed by atoms with Crippen LogP contribution in [0, 0.1) is 18.3 Å². The summed E-state index contributed by atoms with van der Waals surface area (Å²) in [7, 11) is 1.25. The number of hydrogen-bond donors (Lipinski definition) is 1. The van der Waals surface area contributed by atoms with E-state index in [9.17, 15) is 4.79 Å². The Hall–Kier alpha value is -1.86. The van der Waals surface area contributed by atoms with Crippen molar-refractivity contribution in [1.29, 1.82) is 5.26 Å². The van der Waals surface area contributed by atoms with E-state index in [1.54, 1.807) is 13.0 Å². The van der Waals surface area contributed by atoms with Crippen LogP contribution in [0.3, 0.4) is 0 Å². The van der Waals surface area contributed by atoms with Gasteiger partial charge < -0.3 is 9.84 Å². The maximum Gasteiger partial charge on any atom is 0.339 e. The summed E-state index contributed by atoms with van der Waals surface area (Å²) < 4.78 is 4.56. The molecule has 15 heavy (non-hydrogen) atoms. The van der Waals surface area contributed by atoms with Crippen LogP contribution >= 0.6 is 0 Å². The number of aryl methyl sites for hydroxylation is 1. The van der Waals surface area contributed by atoms with E-state index < -0.39 is 5.97 Å². The van der Waals surface area contributed by atoms with E-state index in [-0.39, 0.29) is 12.2 Å². The molecule has 0 unspecified atom stereocenters. The molecule has 0 amide bonds. The number of aliphatic hydroxyl groups is 1. The Kier molecular flexibility index (Phi) is 3.42. The first-order valence-corrected chi connectivity index (χ1v) is 4.36. The molecule has 0 heterocycles. The lowest BCUT2D eigenvalue weighted by molar-refractivity contribution is 0.0600. The number of benzene rings is 1. The molecule has 4 nitrogen and oxygen atoms in total. The highest BCUT2D eigenvalue weighted by atomic mass is 16.5. The number of methoxy groups -OCH3 is 1. The van der Waals surface area contributed by atoms with Gasteiger partial charge in [0.1, 0.15) is 6.07 Å². The lowest BCUT2D eigenvalue weighted by Gasteiger charge is -2.07. The molecule has 0 bridgehead atoms. The number of aliphatic hydroxyl groups excluding tert-OH is 1. The fourth-order valence-corrected chi connectivity index (χ4v) is 1.37. The first kappa shape index (κ1) is 11.2. The summed E-state index contributed by atoms with van der Waals surface area (Å²) in [5, 5.41) is 17.9. The van der Waals surface area contributed by atoms with Gasteiger partial charge in [-0.2, -0.15) is 5.26 Å². The van der Waals surface area contributed by atoms with Gasteiger partial charge in [-0.25, -0.2) is 4.79 Å². The van der Waals surface area contributed by atoms with E-state index in [0.29, 0.717) is 16.7 Å². The van der Waals surface area contributed by atoms with Crippen LogP contribution in [-0.4, -0.2) is 18.2 Å². The Morgan fingerprint density at radius 3 is 2.73 bits per heavy atom. The summed E-state index contributed by atoms with van der Waals surface area (Å²) in [6.45, 7) is 1.54. The molecule has 0 aliphatic carbocycles. The summed E-state index contributed by atoms with van der Waals surface area (Å²) in [4.78, 5) is 11.4. The van der Waals surface area contributed by atoms with E-state index in [2.05, 4.69) is 4.74 Å². The molecule has 1 aromatic rings. The van der Waals surface area contributed by atoms with E-state index in [1.165, 1.54) is 13.2 Å². The molecule has 1 aromatic carbocycles. The van der Waals surface area contributed by atoms with Crippen LogP contribution in [0.1, 0.15) is 27.0 Å². The Bertz CT molecular complexity index is 432. The molecule has 0 radical (unpaired) electrons. The molecule has 4 heteroatoms. The van der Waals surface area contributed by atoms with E-state index in [0.717, 1.165) is 0 Å². The SMILES string of the molecule is COC(=O)c1cc(CO)cc(C)c1C#N. The number of carbonyl (C=O) groups is 1. The maximum absolute atomic E-state index is 11.4. The smallest absolute Gasteiger partial charge is 0.339 e. The molecule has 0 fully saturated rings. The third-order valence-electron chi connectivity index (χ3n) is 2.09. The lowest BCUT2D eigenvalue weighted by atomic mass is 9.99. The van der Waals surface area contributed by atoms with Crippen LogP contribution in [0.25, 0.3) is 0 Å². The first-order chi connectivity index (χ1) is 7.13. The van der Waals surface area contributed by atoms with Crippen LogP contribution < -0.4 is 0 Å². The molecular weight excluding hydrogens is 194 g/mol. The average Bonchev–Trinajstić information content (AvgIpc) is 2.26. The van der Waals surface area contributed by atoms with Gasteiger partial charge >= 0.3 is 5.97 Å². The van der Waals surface area contributed by atoms with Crippen molar-refractivity contribution < 1.29 is 14.6 Å². The zero-order chi connectivity index (χ0) is 11.4. The molecule has 1 rings (SSSR count). The predicted octanol–water partition coefficient (Wildman–Crippen LogP) is 1.15. The third-order valence-corrected chi connectivity index (χ3v) is 2.09. The van der Waals surface area contributed by atoms with Crippen molar-refractivity contribution in [3.63, 3.8) is 0 Å². The van der Waals surface area contributed by atoms with Gasteiger partial charge in [-0.15, -0.1) is 0 Å². The molecular formula is C11H11NO3. The van der Waals surface area contributed by atoms with E-state index in [4.69, 9.17) is 10.4 Å². The van der Waals surface area contributed by atoms with Gasteiger partial charge in [0.05, 0.1) is 24.8 Å². The quantitative estimate of drug-likeness (QED) is 0.735. The highest BCUT2D eigenvalue weighted by molar-refractivity contribution is 5.92. The number of ether oxygens (including phenoxy) is 1. The predicted molar refractivity (Wildman–Crippen MR) is 53.2 cm³/mol. The summed E-state index contributed by atoms with van der Waals surface area (Å²) in [6.07, 6.45) is 0. The molecule has 0 aromatic heterocycles. The minimum atomic E-state index is -0.565. The van der Waals surface area contributed by atoms with Gasteiger partial charge in [-0.05, 0) is 24.1 Å². The fraction of sp³-hybridized carbons (Fsp3) is 0.273. The monoisotopic (exact) mass is 205 g/mol. The second kappa shape index (κ2) is 4.58. The van der Waals surface area contributed by atoms with Crippen LogP contribution in [0.4, 0.5) is 0 Å². The summed E-state index contributed by atoms with van der Waals surface area (Å²) in [6, 6.07) is 5.09. The summed E-state index contributed by atoms with van der Waals surface area (Å²) in [5.74, 6) is -0.565. The van der Waals surface area contributed by atoms with Crippen molar-refractivity contribution in [3.05, 3.63) is 34.4 Å². The Morgan fingerprint density at radius 1 is 1.60 bits per heavy atom. The van der Waals surface area contributed by atoms with Crippen LogP contribution in [0.2, 0.25) is 0 Å². The van der Waals surface area contributed by atoms with Crippen molar-refractivity contribution in [2.24, 2.45) is 0 Å². The van der Waals surface area contributed by atoms with Crippen LogP contribution in [0.15, 0.2) is 12.1 Å². The van der Waals surface area contributed by atoms with Crippen LogP contribution in [0.5, 0.6) is 0 Å². The highest BCUT2D eigenvalue weighted by Gasteiger charge is 2.14. The standard InChI is InChI=1S/C11H11NO3/c1-7-3-8(6-13)4-9(10(7)5-12)11(14)15-2/h3-4,13H,6H2,1-2H3. The van der Waals surface area contributed by atoms with Crippen molar-refractivity contribution in [2.75, 3.05) is 7.11 Å². The molecule has 0 aliphatic heterocycles. The Morgan fingerprint density at radius 2 is 2.27 bits per heavy atom. The number of rotatable bonds is 2. The molecule has 0 spiro atoms. The van der Waals surface area contributed by atoms with Crippen molar-refractivity contribution in [2.45, 2.75) is 13.5 Å². The number of nitrogens with zero attached hydrogens (tertiary/aromatic N) is 1. The second-order valence-corrected chi connectivity index (χ2v) is 3.10. The zero-order valence-electron chi connectivity index (χ0n) is 8.57. The Balaban J connectivity index is 3.40. The normalized spacial score (nSPS) is 9.47. The molecule has 0 aliphatic rings. The van der Waals surface area contributed by atoms with E-state index >= 15 is 0 Å². The second-order valence-electron chi connectivity index (χ2n) is 3.10. The molecule has 1 N–H and O–H groups in total.